The summed E-state index contributed by atoms with van der Waals surface area (Å²) < 4.78 is 17.0. The predicted octanol–water partition coefficient (Wildman–Crippen LogP) is 6.95. The summed E-state index contributed by atoms with van der Waals surface area (Å²) in [5, 5.41) is 1.33. The third-order valence-corrected chi connectivity index (χ3v) is 6.63. The zero-order valence-corrected chi connectivity index (χ0v) is 21.9. The Bertz CT molecular complexity index is 1270. The highest BCUT2D eigenvalue weighted by Crippen LogP contribution is 2.36. The van der Waals surface area contributed by atoms with E-state index in [0.29, 0.717) is 46.4 Å². The smallest absolute Gasteiger partial charge is 0.266 e. The van der Waals surface area contributed by atoms with Crippen LogP contribution in [0.4, 0.5) is 5.69 Å². The number of carbonyl (C=O) groups is 1. The molecule has 1 heterocycles. The van der Waals surface area contributed by atoms with Gasteiger partial charge in [0.15, 0.2) is 16.7 Å². The van der Waals surface area contributed by atoms with Crippen molar-refractivity contribution in [3.8, 4) is 17.2 Å². The van der Waals surface area contributed by atoms with Crippen molar-refractivity contribution in [1.29, 1.82) is 0 Å². The molecule has 1 aliphatic rings. The summed E-state index contributed by atoms with van der Waals surface area (Å²) in [6, 6.07) is 20.6. The zero-order chi connectivity index (χ0) is 25.5. The molecule has 3 aromatic carbocycles. The lowest BCUT2D eigenvalue weighted by atomic mass is 10.1. The van der Waals surface area contributed by atoms with Gasteiger partial charge in [-0.05, 0) is 91.3 Å². The van der Waals surface area contributed by atoms with Crippen molar-refractivity contribution in [1.82, 2.24) is 4.90 Å². The van der Waals surface area contributed by atoms with Crippen LogP contribution in [-0.2, 0) is 11.4 Å². The molecule has 8 heteroatoms. The van der Waals surface area contributed by atoms with Gasteiger partial charge < -0.3 is 14.2 Å². The van der Waals surface area contributed by atoms with Gasteiger partial charge in [0.1, 0.15) is 12.4 Å². The van der Waals surface area contributed by atoms with Gasteiger partial charge in [-0.2, -0.15) is 0 Å². The van der Waals surface area contributed by atoms with Gasteiger partial charge in [0.25, 0.3) is 5.91 Å². The van der Waals surface area contributed by atoms with Crippen molar-refractivity contribution in [2.24, 2.45) is 4.99 Å². The molecule has 1 amide bonds. The highest BCUT2D eigenvalue weighted by atomic mass is 35.5. The number of halogens is 1. The SMILES string of the molecule is CCOc1cc(/C=C2/SC(=Nc3ccc(OC)cc3)N(CC)C2=O)ccc1OCc1ccc(Cl)cc1. The van der Waals surface area contributed by atoms with Gasteiger partial charge in [0.2, 0.25) is 0 Å². The first kappa shape index (κ1) is 25.7. The lowest BCUT2D eigenvalue weighted by molar-refractivity contribution is -0.122. The van der Waals surface area contributed by atoms with E-state index in [1.807, 2.05) is 86.7 Å². The molecule has 4 rings (SSSR count). The Balaban J connectivity index is 1.54. The summed E-state index contributed by atoms with van der Waals surface area (Å²) in [4.78, 5) is 20.0. The largest absolute Gasteiger partial charge is 0.497 e. The molecule has 0 unspecified atom stereocenters. The van der Waals surface area contributed by atoms with E-state index in [0.717, 1.165) is 22.6 Å². The first-order valence-corrected chi connectivity index (χ1v) is 12.8. The summed E-state index contributed by atoms with van der Waals surface area (Å²) >= 11 is 7.32. The number of methoxy groups -OCH3 is 1. The standard InChI is InChI=1S/C28H27ClN2O4S/c1-4-31-27(32)26(36-28(31)30-22-11-13-23(33-3)14-12-22)17-20-8-15-24(25(16-20)34-5-2)35-18-19-6-9-21(29)10-7-19/h6-17H,4-5,18H2,1-3H3/b26-17+,30-28?. The molecule has 0 aromatic heterocycles. The van der Waals surface area contributed by atoms with Crippen molar-refractivity contribution in [2.75, 3.05) is 20.3 Å². The van der Waals surface area contributed by atoms with Gasteiger partial charge in [-0.1, -0.05) is 29.8 Å². The summed E-state index contributed by atoms with van der Waals surface area (Å²) in [7, 11) is 1.62. The van der Waals surface area contributed by atoms with Crippen molar-refractivity contribution in [3.05, 3.63) is 87.8 Å². The van der Waals surface area contributed by atoms with Gasteiger partial charge in [-0.25, -0.2) is 4.99 Å². The maximum absolute atomic E-state index is 13.1. The minimum absolute atomic E-state index is 0.0733. The van der Waals surface area contributed by atoms with Crippen LogP contribution in [-0.4, -0.2) is 36.2 Å². The highest BCUT2D eigenvalue weighted by molar-refractivity contribution is 8.18. The van der Waals surface area contributed by atoms with Crippen LogP contribution in [0.2, 0.25) is 5.02 Å². The van der Waals surface area contributed by atoms with Gasteiger partial charge >= 0.3 is 0 Å². The number of amidine groups is 1. The van der Waals surface area contributed by atoms with Crippen molar-refractivity contribution in [2.45, 2.75) is 20.5 Å². The van der Waals surface area contributed by atoms with E-state index in [-0.39, 0.29) is 5.91 Å². The molecular weight excluding hydrogens is 496 g/mol. The normalized spacial score (nSPS) is 15.6. The fourth-order valence-corrected chi connectivity index (χ4v) is 4.72. The molecule has 0 N–H and O–H groups in total. The van der Waals surface area contributed by atoms with Crippen molar-refractivity contribution < 1.29 is 19.0 Å². The van der Waals surface area contributed by atoms with Crippen LogP contribution in [0.1, 0.15) is 25.0 Å². The average Bonchev–Trinajstić information content (AvgIpc) is 3.18. The van der Waals surface area contributed by atoms with Crippen LogP contribution < -0.4 is 14.2 Å². The molecule has 0 atom stereocenters. The molecule has 1 fully saturated rings. The van der Waals surface area contributed by atoms with E-state index in [4.69, 9.17) is 25.8 Å². The number of hydrogen-bond donors (Lipinski definition) is 0. The van der Waals surface area contributed by atoms with Crippen LogP contribution in [0.3, 0.4) is 0 Å². The average molecular weight is 523 g/mol. The Labute approximate surface area is 220 Å². The Morgan fingerprint density at radius 2 is 1.72 bits per heavy atom. The summed E-state index contributed by atoms with van der Waals surface area (Å²) in [5.41, 5.74) is 2.60. The summed E-state index contributed by atoms with van der Waals surface area (Å²) in [5.74, 6) is 1.94. The number of hydrogen-bond acceptors (Lipinski definition) is 6. The van der Waals surface area contributed by atoms with Crippen molar-refractivity contribution >= 4 is 46.2 Å². The van der Waals surface area contributed by atoms with Crippen LogP contribution in [0.15, 0.2) is 76.6 Å². The van der Waals surface area contributed by atoms with E-state index in [1.165, 1.54) is 11.8 Å². The minimum atomic E-state index is -0.0733. The van der Waals surface area contributed by atoms with E-state index in [2.05, 4.69) is 4.99 Å². The van der Waals surface area contributed by atoms with Gasteiger partial charge in [-0.15, -0.1) is 0 Å². The van der Waals surface area contributed by atoms with Crippen LogP contribution in [0.25, 0.3) is 6.08 Å². The second-order valence-electron chi connectivity index (χ2n) is 7.81. The Morgan fingerprint density at radius 3 is 2.39 bits per heavy atom. The fourth-order valence-electron chi connectivity index (χ4n) is 3.53. The lowest BCUT2D eigenvalue weighted by Gasteiger charge is -2.13. The second-order valence-corrected chi connectivity index (χ2v) is 9.25. The number of thioether (sulfide) groups is 1. The molecule has 0 radical (unpaired) electrons. The molecule has 1 aliphatic heterocycles. The zero-order valence-electron chi connectivity index (χ0n) is 20.4. The molecule has 0 spiro atoms. The highest BCUT2D eigenvalue weighted by Gasteiger charge is 2.32. The van der Waals surface area contributed by atoms with Crippen molar-refractivity contribution in [3.63, 3.8) is 0 Å². The topological polar surface area (TPSA) is 60.4 Å². The minimum Gasteiger partial charge on any atom is -0.497 e. The second kappa shape index (κ2) is 12.0. The quantitative estimate of drug-likeness (QED) is 0.284. The third-order valence-electron chi connectivity index (χ3n) is 5.37. The van der Waals surface area contributed by atoms with E-state index >= 15 is 0 Å². The molecule has 6 nitrogen and oxygen atoms in total. The number of ether oxygens (including phenoxy) is 3. The maximum atomic E-state index is 13.1. The molecule has 186 valence electrons. The van der Waals surface area contributed by atoms with Gasteiger partial charge in [-0.3, -0.25) is 9.69 Å². The van der Waals surface area contributed by atoms with Crippen LogP contribution in [0.5, 0.6) is 17.2 Å². The monoisotopic (exact) mass is 522 g/mol. The molecule has 0 bridgehead atoms. The predicted molar refractivity (Wildman–Crippen MR) is 146 cm³/mol. The number of benzene rings is 3. The molecular formula is C28H27ClN2O4S. The maximum Gasteiger partial charge on any atom is 0.266 e. The number of aliphatic imine (C=N–C) groups is 1. The van der Waals surface area contributed by atoms with E-state index in [1.54, 1.807) is 12.0 Å². The van der Waals surface area contributed by atoms with Gasteiger partial charge in [0.05, 0.1) is 24.3 Å². The number of carbonyl (C=O) groups excluding carboxylic acids is 1. The molecule has 36 heavy (non-hydrogen) atoms. The number of amides is 1. The fraction of sp³-hybridized carbons (Fsp3) is 0.214. The molecule has 0 saturated carbocycles. The third kappa shape index (κ3) is 6.22. The summed E-state index contributed by atoms with van der Waals surface area (Å²) in [6.07, 6.45) is 1.86. The number of nitrogens with zero attached hydrogens (tertiary/aromatic N) is 2. The Kier molecular flexibility index (Phi) is 8.57. The first-order valence-electron chi connectivity index (χ1n) is 11.6. The Hall–Kier alpha value is -3.42. The summed E-state index contributed by atoms with van der Waals surface area (Å²) in [6.45, 7) is 5.27. The number of rotatable bonds is 9. The molecule has 0 aliphatic carbocycles. The van der Waals surface area contributed by atoms with Crippen LogP contribution >= 0.6 is 23.4 Å². The Morgan fingerprint density at radius 1 is 0.972 bits per heavy atom. The number of likely N-dealkylation sites (N-methyl/N-ethyl adjacent to an activating group) is 1. The molecule has 3 aromatic rings. The lowest BCUT2D eigenvalue weighted by Crippen LogP contribution is -2.28. The van der Waals surface area contributed by atoms with E-state index < -0.39 is 0 Å². The molecule has 1 saturated heterocycles. The van der Waals surface area contributed by atoms with Crippen LogP contribution in [0, 0.1) is 0 Å². The van der Waals surface area contributed by atoms with Gasteiger partial charge in [0, 0.05) is 11.6 Å². The first-order chi connectivity index (χ1) is 17.5. The van der Waals surface area contributed by atoms with E-state index in [9.17, 15) is 4.79 Å².